The smallest absolute Gasteiger partial charge is 0.122 e. The predicted octanol–water partition coefficient (Wildman–Crippen LogP) is 1.75. The lowest BCUT2D eigenvalue weighted by atomic mass is 10.4. The summed E-state index contributed by atoms with van der Waals surface area (Å²) in [5.41, 5.74) is 0. The molecule has 0 aliphatic rings. The zero-order valence-electron chi connectivity index (χ0n) is 11.9. The molecule has 19 heavy (non-hydrogen) atoms. The lowest BCUT2D eigenvalue weighted by Crippen LogP contribution is -2.19. The van der Waals surface area contributed by atoms with Crippen LogP contribution in [0.4, 0.5) is 0 Å². The molecule has 0 fully saturated rings. The van der Waals surface area contributed by atoms with E-state index < -0.39 is 0 Å². The van der Waals surface area contributed by atoms with Crippen molar-refractivity contribution in [3.63, 3.8) is 0 Å². The van der Waals surface area contributed by atoms with Crippen LogP contribution in [0.3, 0.4) is 0 Å². The Bertz CT molecular complexity index is 503. The Labute approximate surface area is 114 Å². The van der Waals surface area contributed by atoms with Crippen LogP contribution < -0.4 is 5.32 Å². The van der Waals surface area contributed by atoms with E-state index in [4.69, 9.17) is 4.42 Å². The Hall–Kier alpha value is -1.59. The Morgan fingerprint density at radius 1 is 1.32 bits per heavy atom. The molecule has 0 saturated heterocycles. The van der Waals surface area contributed by atoms with E-state index in [-0.39, 0.29) is 0 Å². The average Bonchev–Trinajstić information content (AvgIpc) is 2.97. The molecule has 0 amide bonds. The number of aryl methyl sites for hydroxylation is 1. The van der Waals surface area contributed by atoms with E-state index in [1.807, 2.05) is 36.1 Å². The highest BCUT2D eigenvalue weighted by Gasteiger charge is 2.08. The number of imidazole rings is 1. The van der Waals surface area contributed by atoms with E-state index in [9.17, 15) is 0 Å². The second-order valence-electron chi connectivity index (χ2n) is 4.78. The number of furan rings is 1. The van der Waals surface area contributed by atoms with Crippen LogP contribution in [0.15, 0.2) is 28.9 Å². The van der Waals surface area contributed by atoms with E-state index >= 15 is 0 Å². The van der Waals surface area contributed by atoms with Crippen molar-refractivity contribution >= 4 is 0 Å². The summed E-state index contributed by atoms with van der Waals surface area (Å²) < 4.78 is 7.81. The van der Waals surface area contributed by atoms with Gasteiger partial charge >= 0.3 is 0 Å². The Balaban J connectivity index is 1.86. The second-order valence-corrected chi connectivity index (χ2v) is 4.78. The van der Waals surface area contributed by atoms with Gasteiger partial charge in [-0.15, -0.1) is 0 Å². The Morgan fingerprint density at radius 3 is 2.79 bits per heavy atom. The largest absolute Gasteiger partial charge is 0.463 e. The first kappa shape index (κ1) is 13.8. The molecule has 0 unspecified atom stereocenters. The van der Waals surface area contributed by atoms with E-state index in [2.05, 4.69) is 29.2 Å². The van der Waals surface area contributed by atoms with Crippen LogP contribution >= 0.6 is 0 Å². The van der Waals surface area contributed by atoms with Gasteiger partial charge < -0.3 is 14.3 Å². The fourth-order valence-corrected chi connectivity index (χ4v) is 1.96. The third-order valence-electron chi connectivity index (χ3n) is 3.02. The summed E-state index contributed by atoms with van der Waals surface area (Å²) >= 11 is 0. The number of nitrogens with one attached hydrogen (secondary N) is 1. The highest BCUT2D eigenvalue weighted by molar-refractivity contribution is 5.07. The molecular weight excluding hydrogens is 240 g/mol. The van der Waals surface area contributed by atoms with Gasteiger partial charge in [-0.25, -0.2) is 4.98 Å². The minimum Gasteiger partial charge on any atom is -0.463 e. The van der Waals surface area contributed by atoms with Crippen molar-refractivity contribution < 1.29 is 4.42 Å². The highest BCUT2D eigenvalue weighted by Crippen LogP contribution is 2.11. The number of nitrogens with zero attached hydrogens (tertiary/aromatic N) is 3. The summed E-state index contributed by atoms with van der Waals surface area (Å²) in [6.45, 7) is 5.44. The molecular formula is C14H22N4O. The van der Waals surface area contributed by atoms with Gasteiger partial charge in [0.25, 0.3) is 0 Å². The summed E-state index contributed by atoms with van der Waals surface area (Å²) in [6, 6.07) is 4.08. The number of rotatable bonds is 7. The van der Waals surface area contributed by atoms with Gasteiger partial charge in [-0.3, -0.25) is 4.90 Å². The molecule has 5 heteroatoms. The number of hydrogen-bond acceptors (Lipinski definition) is 4. The summed E-state index contributed by atoms with van der Waals surface area (Å²) in [6.07, 6.45) is 3.79. The predicted molar refractivity (Wildman–Crippen MR) is 74.5 cm³/mol. The van der Waals surface area contributed by atoms with Gasteiger partial charge in [0.1, 0.15) is 17.3 Å². The van der Waals surface area contributed by atoms with Crippen molar-refractivity contribution in [3.8, 4) is 0 Å². The fourth-order valence-electron chi connectivity index (χ4n) is 1.96. The number of aromatic nitrogens is 2. The van der Waals surface area contributed by atoms with Crippen molar-refractivity contribution in [1.29, 1.82) is 0 Å². The molecule has 104 valence electrons. The molecule has 2 aromatic rings. The summed E-state index contributed by atoms with van der Waals surface area (Å²) in [5.74, 6) is 3.04. The monoisotopic (exact) mass is 262 g/mol. The molecule has 2 rings (SSSR count). The molecule has 0 bridgehead atoms. The van der Waals surface area contributed by atoms with Crippen molar-refractivity contribution in [2.75, 3.05) is 13.6 Å². The van der Waals surface area contributed by atoms with Gasteiger partial charge in [0.2, 0.25) is 0 Å². The molecule has 0 spiro atoms. The van der Waals surface area contributed by atoms with E-state index in [1.54, 1.807) is 0 Å². The standard InChI is InChI=1S/C14H22N4O/c1-4-15-9-12-5-6-13(19-12)10-17(2)11-14-16-7-8-18(14)3/h5-8,15H,4,9-11H2,1-3H3. The van der Waals surface area contributed by atoms with Crippen molar-refractivity contribution in [3.05, 3.63) is 41.9 Å². The van der Waals surface area contributed by atoms with Crippen molar-refractivity contribution in [2.45, 2.75) is 26.6 Å². The molecule has 0 aliphatic carbocycles. The van der Waals surface area contributed by atoms with Crippen LogP contribution in [0.5, 0.6) is 0 Å². The lowest BCUT2D eigenvalue weighted by Gasteiger charge is -2.14. The summed E-state index contributed by atoms with van der Waals surface area (Å²) in [7, 11) is 4.08. The maximum absolute atomic E-state index is 5.77. The molecule has 2 aromatic heterocycles. The van der Waals surface area contributed by atoms with Crippen LogP contribution in [-0.4, -0.2) is 28.0 Å². The SMILES string of the molecule is CCNCc1ccc(CN(C)Cc2nccn2C)o1. The minimum absolute atomic E-state index is 0.791. The van der Waals surface area contributed by atoms with Crippen LogP contribution in [0, 0.1) is 0 Å². The molecule has 2 heterocycles. The van der Waals surface area contributed by atoms with Crippen molar-refractivity contribution in [2.24, 2.45) is 7.05 Å². The zero-order chi connectivity index (χ0) is 13.7. The van der Waals surface area contributed by atoms with Gasteiger partial charge in [-0.1, -0.05) is 6.92 Å². The summed E-state index contributed by atoms with van der Waals surface area (Å²) in [4.78, 5) is 6.52. The van der Waals surface area contributed by atoms with Crippen LogP contribution in [0.1, 0.15) is 24.3 Å². The van der Waals surface area contributed by atoms with Gasteiger partial charge in [-0.05, 0) is 25.7 Å². The first-order valence-electron chi connectivity index (χ1n) is 6.62. The van der Waals surface area contributed by atoms with E-state index in [0.717, 1.165) is 43.5 Å². The molecule has 0 saturated carbocycles. The Morgan fingerprint density at radius 2 is 2.11 bits per heavy atom. The van der Waals surface area contributed by atoms with Gasteiger partial charge in [-0.2, -0.15) is 0 Å². The molecule has 0 atom stereocenters. The second kappa shape index (κ2) is 6.54. The quantitative estimate of drug-likeness (QED) is 0.826. The normalized spacial score (nSPS) is 11.4. The third kappa shape index (κ3) is 3.94. The Kier molecular flexibility index (Phi) is 4.76. The van der Waals surface area contributed by atoms with Gasteiger partial charge in [0, 0.05) is 19.4 Å². The first-order valence-corrected chi connectivity index (χ1v) is 6.62. The van der Waals surface area contributed by atoms with E-state index in [1.165, 1.54) is 0 Å². The average molecular weight is 262 g/mol. The number of hydrogen-bond donors (Lipinski definition) is 1. The molecule has 5 nitrogen and oxygen atoms in total. The molecule has 0 aliphatic heterocycles. The molecule has 0 radical (unpaired) electrons. The first-order chi connectivity index (χ1) is 9.19. The van der Waals surface area contributed by atoms with E-state index in [0.29, 0.717) is 0 Å². The maximum Gasteiger partial charge on any atom is 0.122 e. The fraction of sp³-hybridized carbons (Fsp3) is 0.500. The lowest BCUT2D eigenvalue weighted by molar-refractivity contribution is 0.274. The molecule has 1 N–H and O–H groups in total. The maximum atomic E-state index is 5.77. The topological polar surface area (TPSA) is 46.2 Å². The van der Waals surface area contributed by atoms with Crippen LogP contribution in [-0.2, 0) is 26.7 Å². The van der Waals surface area contributed by atoms with Gasteiger partial charge in [0.05, 0.1) is 19.6 Å². The van der Waals surface area contributed by atoms with Gasteiger partial charge in [0.15, 0.2) is 0 Å². The molecule has 0 aromatic carbocycles. The van der Waals surface area contributed by atoms with Crippen LogP contribution in [0.2, 0.25) is 0 Å². The van der Waals surface area contributed by atoms with Crippen molar-refractivity contribution in [1.82, 2.24) is 19.8 Å². The van der Waals surface area contributed by atoms with Crippen LogP contribution in [0.25, 0.3) is 0 Å². The minimum atomic E-state index is 0.791. The zero-order valence-corrected chi connectivity index (χ0v) is 11.9. The third-order valence-corrected chi connectivity index (χ3v) is 3.02. The summed E-state index contributed by atoms with van der Waals surface area (Å²) in [5, 5.41) is 3.25. The highest BCUT2D eigenvalue weighted by atomic mass is 16.3.